The number of benzene rings is 3. The third-order valence-electron chi connectivity index (χ3n) is 6.52. The van der Waals surface area contributed by atoms with Gasteiger partial charge >= 0.3 is 6.09 Å². The zero-order chi connectivity index (χ0) is 28.1. The molecule has 11 heteroatoms. The first-order chi connectivity index (χ1) is 18.7. The average Bonchev–Trinajstić information content (AvgIpc) is 2.91. The Balaban J connectivity index is 1.79. The maximum atomic E-state index is 13.9. The van der Waals surface area contributed by atoms with E-state index >= 15 is 0 Å². The van der Waals surface area contributed by atoms with E-state index in [1.54, 1.807) is 31.3 Å². The fourth-order valence-electron chi connectivity index (χ4n) is 4.52. The van der Waals surface area contributed by atoms with Gasteiger partial charge in [-0.15, -0.1) is 0 Å². The van der Waals surface area contributed by atoms with Gasteiger partial charge in [-0.2, -0.15) is 0 Å². The second-order valence-electron chi connectivity index (χ2n) is 9.17. The van der Waals surface area contributed by atoms with Crippen molar-refractivity contribution in [2.45, 2.75) is 37.2 Å². The number of fused-ring (bicyclic) bond motifs is 9. The predicted molar refractivity (Wildman–Crippen MR) is 146 cm³/mol. The van der Waals surface area contributed by atoms with Crippen molar-refractivity contribution in [1.29, 1.82) is 0 Å². The highest BCUT2D eigenvalue weighted by Crippen LogP contribution is 2.27. The van der Waals surface area contributed by atoms with Crippen molar-refractivity contribution in [2.24, 2.45) is 5.73 Å². The maximum absolute atomic E-state index is 13.9. The van der Waals surface area contributed by atoms with Gasteiger partial charge in [0.05, 0.1) is 6.61 Å². The standard InChI is InChI=1S/C28H30N4O6S/c1-3-17-13-19-8-7-18(17)11-12-38-28(35)31-23-9-10-24(39(36)37)21(15-23)16-32(2)27(34)25(19)30-22-6-4-5-20(14-22)26(29)33/h4-10,13-15,25,30H,3,11-12,16H2,1-2H3,(H2,29,33)(H,31,35)(H,36,37)/p-1. The summed E-state index contributed by atoms with van der Waals surface area (Å²) in [5.41, 5.74) is 9.59. The van der Waals surface area contributed by atoms with Gasteiger partial charge in [-0.1, -0.05) is 31.2 Å². The Labute approximate surface area is 228 Å². The van der Waals surface area contributed by atoms with E-state index in [2.05, 4.69) is 10.6 Å². The van der Waals surface area contributed by atoms with Crippen molar-refractivity contribution in [3.8, 4) is 0 Å². The summed E-state index contributed by atoms with van der Waals surface area (Å²) in [6.07, 6.45) is 0.501. The zero-order valence-electron chi connectivity index (χ0n) is 21.6. The molecule has 5 rings (SSSR count). The largest absolute Gasteiger partial charge is 0.768 e. The second kappa shape index (κ2) is 12.1. The number of hydrogen-bond acceptors (Lipinski definition) is 7. The van der Waals surface area contributed by atoms with Gasteiger partial charge in [0.2, 0.25) is 11.8 Å². The molecule has 39 heavy (non-hydrogen) atoms. The fourth-order valence-corrected chi connectivity index (χ4v) is 5.04. The predicted octanol–water partition coefficient (Wildman–Crippen LogP) is 3.50. The molecular formula is C28H29N4O6S-. The first-order valence-electron chi connectivity index (χ1n) is 12.3. The minimum Gasteiger partial charge on any atom is -0.768 e. The number of nitrogens with two attached hydrogens (primary N) is 1. The number of carbonyl (C=O) groups is 3. The van der Waals surface area contributed by atoms with Crippen molar-refractivity contribution in [2.75, 3.05) is 24.3 Å². The number of carbonyl (C=O) groups excluding carboxylic acids is 3. The highest BCUT2D eigenvalue weighted by Gasteiger charge is 2.26. The molecule has 0 spiro atoms. The van der Waals surface area contributed by atoms with Crippen molar-refractivity contribution in [3.05, 3.63) is 88.5 Å². The normalized spacial score (nSPS) is 16.8. The highest BCUT2D eigenvalue weighted by atomic mass is 32.2. The lowest BCUT2D eigenvalue weighted by Gasteiger charge is -2.28. The van der Waals surface area contributed by atoms with Gasteiger partial charge in [-0.3, -0.25) is 19.1 Å². The summed E-state index contributed by atoms with van der Waals surface area (Å²) in [6, 6.07) is 15.7. The van der Waals surface area contributed by atoms with Gasteiger partial charge < -0.3 is 25.2 Å². The third kappa shape index (κ3) is 6.62. The van der Waals surface area contributed by atoms with Crippen LogP contribution < -0.4 is 16.4 Å². The van der Waals surface area contributed by atoms with Crippen molar-refractivity contribution < 1.29 is 27.9 Å². The molecule has 0 aromatic heterocycles. The van der Waals surface area contributed by atoms with Gasteiger partial charge in [-0.05, 0) is 76.2 Å². The molecule has 4 bridgehead atoms. The van der Waals surface area contributed by atoms with Crippen LogP contribution in [-0.4, -0.2) is 45.2 Å². The van der Waals surface area contributed by atoms with E-state index in [1.807, 2.05) is 25.1 Å². The van der Waals surface area contributed by atoms with Crippen molar-refractivity contribution in [1.82, 2.24) is 4.90 Å². The third-order valence-corrected chi connectivity index (χ3v) is 7.28. The second-order valence-corrected chi connectivity index (χ2v) is 10.1. The molecule has 3 aromatic carbocycles. The molecular weight excluding hydrogens is 520 g/mol. The number of aryl methyl sites for hydroxylation is 1. The van der Waals surface area contributed by atoms with Gasteiger partial charge in [0, 0.05) is 41.8 Å². The molecule has 0 aliphatic carbocycles. The number of hydrogen-bond donors (Lipinski definition) is 3. The van der Waals surface area contributed by atoms with Crippen LogP contribution in [0.4, 0.5) is 16.2 Å². The smallest absolute Gasteiger partial charge is 0.411 e. The van der Waals surface area contributed by atoms with Crippen LogP contribution in [0.2, 0.25) is 0 Å². The van der Waals surface area contributed by atoms with Crippen LogP contribution in [0.1, 0.15) is 45.6 Å². The Hall–Kier alpha value is -4.22. The van der Waals surface area contributed by atoms with Crippen LogP contribution in [0.3, 0.4) is 0 Å². The number of rotatable bonds is 5. The Kier molecular flexibility index (Phi) is 8.62. The van der Waals surface area contributed by atoms with Crippen LogP contribution >= 0.6 is 0 Å². The van der Waals surface area contributed by atoms with Crippen LogP contribution in [0, 0.1) is 0 Å². The molecule has 0 fully saturated rings. The van der Waals surface area contributed by atoms with Crippen LogP contribution in [0.5, 0.6) is 0 Å². The molecule has 2 aliphatic heterocycles. The summed E-state index contributed by atoms with van der Waals surface area (Å²) in [6.45, 7) is 2.08. The fraction of sp³-hybridized carbons (Fsp3) is 0.250. The minimum atomic E-state index is -2.57. The van der Waals surface area contributed by atoms with Gasteiger partial charge in [0.1, 0.15) is 6.04 Å². The average molecular weight is 550 g/mol. The zero-order valence-corrected chi connectivity index (χ0v) is 22.4. The Morgan fingerprint density at radius 3 is 2.67 bits per heavy atom. The molecule has 204 valence electrons. The molecule has 2 atom stereocenters. The van der Waals surface area contributed by atoms with Gasteiger partial charge in [-0.25, -0.2) is 4.79 Å². The summed E-state index contributed by atoms with van der Waals surface area (Å²) in [4.78, 5) is 39.4. The summed E-state index contributed by atoms with van der Waals surface area (Å²) < 4.78 is 29.2. The van der Waals surface area contributed by atoms with Crippen LogP contribution in [0.25, 0.3) is 0 Å². The lowest BCUT2D eigenvalue weighted by Crippen LogP contribution is -2.35. The number of amides is 3. The molecule has 2 heterocycles. The van der Waals surface area contributed by atoms with E-state index in [4.69, 9.17) is 10.5 Å². The summed E-state index contributed by atoms with van der Waals surface area (Å²) in [5.74, 6) is -0.924. The van der Waals surface area contributed by atoms with E-state index in [-0.39, 0.29) is 24.0 Å². The van der Waals surface area contributed by atoms with Crippen LogP contribution in [0.15, 0.2) is 65.6 Å². The quantitative estimate of drug-likeness (QED) is 0.412. The highest BCUT2D eigenvalue weighted by molar-refractivity contribution is 7.79. The molecule has 0 radical (unpaired) electrons. The monoisotopic (exact) mass is 549 g/mol. The molecule has 4 N–H and O–H groups in total. The lowest BCUT2D eigenvalue weighted by molar-refractivity contribution is -0.131. The minimum absolute atomic E-state index is 0.00553. The number of likely N-dealkylation sites (N-methyl/N-ethyl adjacent to an activating group) is 1. The SMILES string of the molecule is CCc1cc2ccc1CCOC(=O)Nc1ccc(S(=O)[O-])c(c1)CN(C)C(=O)C2Nc1cccc(C(N)=O)c1. The number of nitrogens with one attached hydrogen (secondary N) is 2. The van der Waals surface area contributed by atoms with Crippen LogP contribution in [-0.2, 0) is 40.0 Å². The van der Waals surface area contributed by atoms with E-state index < -0.39 is 29.1 Å². The lowest BCUT2D eigenvalue weighted by atomic mass is 9.95. The van der Waals surface area contributed by atoms with E-state index in [9.17, 15) is 23.1 Å². The van der Waals surface area contributed by atoms with Crippen molar-refractivity contribution >= 4 is 40.4 Å². The molecule has 3 amide bonds. The molecule has 0 saturated heterocycles. The number of nitrogens with zero attached hydrogens (tertiary/aromatic N) is 1. The Morgan fingerprint density at radius 2 is 1.95 bits per heavy atom. The van der Waals surface area contributed by atoms with Gasteiger partial charge in [0.15, 0.2) is 0 Å². The number of primary amides is 1. The number of anilines is 2. The van der Waals surface area contributed by atoms with E-state index in [1.165, 1.54) is 23.1 Å². The topological polar surface area (TPSA) is 154 Å². The Bertz CT molecular complexity index is 1440. The number of ether oxygens (including phenoxy) is 1. The molecule has 10 nitrogen and oxygen atoms in total. The molecule has 0 saturated carbocycles. The molecule has 3 aromatic rings. The first-order valence-corrected chi connectivity index (χ1v) is 13.4. The van der Waals surface area contributed by atoms with E-state index in [0.29, 0.717) is 40.9 Å². The van der Waals surface area contributed by atoms with E-state index in [0.717, 1.165) is 11.1 Å². The first kappa shape index (κ1) is 27.8. The molecule has 2 unspecified atom stereocenters. The maximum Gasteiger partial charge on any atom is 0.411 e. The summed E-state index contributed by atoms with van der Waals surface area (Å²) in [7, 11) is 1.57. The van der Waals surface area contributed by atoms with Crippen molar-refractivity contribution in [3.63, 3.8) is 0 Å². The molecule has 2 aliphatic rings. The summed E-state index contributed by atoms with van der Waals surface area (Å²) in [5, 5.41) is 5.85. The summed E-state index contributed by atoms with van der Waals surface area (Å²) >= 11 is -2.57. The Morgan fingerprint density at radius 1 is 1.15 bits per heavy atom. The van der Waals surface area contributed by atoms with Gasteiger partial charge in [0.25, 0.3) is 0 Å².